The molecule has 0 fully saturated rings. The highest BCUT2D eigenvalue weighted by atomic mass is 16.5. The van der Waals surface area contributed by atoms with Crippen molar-refractivity contribution in [3.63, 3.8) is 0 Å². The van der Waals surface area contributed by atoms with Crippen molar-refractivity contribution in [3.8, 4) is 5.75 Å². The van der Waals surface area contributed by atoms with Crippen LogP contribution in [0, 0.1) is 0 Å². The van der Waals surface area contributed by atoms with Gasteiger partial charge in [-0.25, -0.2) is 4.79 Å². The number of para-hydroxylation sites is 1. The first-order valence-corrected chi connectivity index (χ1v) is 8.74. The Morgan fingerprint density at radius 3 is 2.56 bits per heavy atom. The monoisotopic (exact) mass is 336 g/mol. The third-order valence-corrected chi connectivity index (χ3v) is 4.52. The van der Waals surface area contributed by atoms with Gasteiger partial charge in [0, 0.05) is 18.7 Å². The largest absolute Gasteiger partial charge is 0.410 e. The number of nitrogens with zero attached hydrogens (tertiary/aromatic N) is 1. The molecule has 2 N–H and O–H groups in total. The maximum absolute atomic E-state index is 11.1. The lowest BCUT2D eigenvalue weighted by atomic mass is 9.98. The summed E-state index contributed by atoms with van der Waals surface area (Å²) in [4.78, 5) is 13.5. The summed E-state index contributed by atoms with van der Waals surface area (Å²) in [5.74, 6) is 0.541. The van der Waals surface area contributed by atoms with E-state index in [2.05, 4.69) is 41.3 Å². The van der Waals surface area contributed by atoms with E-state index >= 15 is 0 Å². The van der Waals surface area contributed by atoms with Gasteiger partial charge in [-0.1, -0.05) is 54.6 Å². The van der Waals surface area contributed by atoms with E-state index in [1.807, 2.05) is 18.2 Å². The highest BCUT2D eigenvalue weighted by Gasteiger charge is 2.16. The van der Waals surface area contributed by atoms with Crippen molar-refractivity contribution in [2.45, 2.75) is 19.3 Å². The van der Waals surface area contributed by atoms with Crippen LogP contribution < -0.4 is 10.5 Å². The molecule has 0 saturated heterocycles. The van der Waals surface area contributed by atoms with Crippen LogP contribution in [0.15, 0.2) is 60.7 Å². The van der Waals surface area contributed by atoms with Crippen molar-refractivity contribution in [2.75, 3.05) is 19.6 Å². The summed E-state index contributed by atoms with van der Waals surface area (Å²) in [7, 11) is 0. The normalized spacial score (nSPS) is 14.8. The molecule has 2 aromatic rings. The third kappa shape index (κ3) is 4.94. The maximum Gasteiger partial charge on any atom is 0.409 e. The number of nitrogens with two attached hydrogens (primary N) is 1. The standard InChI is InChI=1S/C21H24N2O2/c22-21(24)25-20-11-5-4-10-19(20)18-12-15-23(16-13-18)14-6-9-17-7-2-1-3-8-17/h1-5,7-8,10-12H,6,9,13-16H2,(H2,22,24). The molecule has 0 unspecified atom stereocenters. The fourth-order valence-electron chi connectivity index (χ4n) is 3.24. The summed E-state index contributed by atoms with van der Waals surface area (Å²) in [6.07, 6.45) is 4.68. The maximum atomic E-state index is 11.1. The number of rotatable bonds is 6. The molecule has 0 bridgehead atoms. The summed E-state index contributed by atoms with van der Waals surface area (Å²) in [6, 6.07) is 18.2. The molecule has 0 saturated carbocycles. The minimum absolute atomic E-state index is 0.541. The van der Waals surface area contributed by atoms with Crippen LogP contribution in [-0.4, -0.2) is 30.6 Å². The van der Waals surface area contributed by atoms with Crippen LogP contribution in [0.2, 0.25) is 0 Å². The van der Waals surface area contributed by atoms with Crippen LogP contribution in [0.5, 0.6) is 5.75 Å². The van der Waals surface area contributed by atoms with Crippen LogP contribution in [0.1, 0.15) is 24.0 Å². The zero-order valence-electron chi connectivity index (χ0n) is 14.4. The van der Waals surface area contributed by atoms with Gasteiger partial charge in [-0.15, -0.1) is 0 Å². The topological polar surface area (TPSA) is 55.6 Å². The lowest BCUT2D eigenvalue weighted by molar-refractivity contribution is 0.210. The SMILES string of the molecule is NC(=O)Oc1ccccc1C1=CCN(CCCc2ccccc2)CC1. The molecular formula is C21H24N2O2. The van der Waals surface area contributed by atoms with Crippen LogP contribution in [0.25, 0.3) is 5.57 Å². The van der Waals surface area contributed by atoms with Gasteiger partial charge in [0.15, 0.2) is 0 Å². The number of hydrogen-bond acceptors (Lipinski definition) is 3. The Hall–Kier alpha value is -2.59. The first-order valence-electron chi connectivity index (χ1n) is 8.74. The van der Waals surface area contributed by atoms with E-state index in [9.17, 15) is 4.79 Å². The molecule has 0 aliphatic carbocycles. The van der Waals surface area contributed by atoms with Crippen molar-refractivity contribution >= 4 is 11.7 Å². The number of hydrogen-bond donors (Lipinski definition) is 1. The predicted octanol–water partition coefficient (Wildman–Crippen LogP) is 3.87. The molecule has 25 heavy (non-hydrogen) atoms. The number of carbonyl (C=O) groups is 1. The fraction of sp³-hybridized carbons (Fsp3) is 0.286. The summed E-state index contributed by atoms with van der Waals surface area (Å²) in [5, 5.41) is 0. The van der Waals surface area contributed by atoms with Gasteiger partial charge in [0.2, 0.25) is 0 Å². The highest BCUT2D eigenvalue weighted by molar-refractivity contribution is 5.75. The lowest BCUT2D eigenvalue weighted by Crippen LogP contribution is -2.29. The second-order valence-electron chi connectivity index (χ2n) is 6.29. The van der Waals surface area contributed by atoms with E-state index in [4.69, 9.17) is 10.5 Å². The zero-order chi connectivity index (χ0) is 17.5. The van der Waals surface area contributed by atoms with Gasteiger partial charge in [0.1, 0.15) is 5.75 Å². The van der Waals surface area contributed by atoms with Crippen molar-refractivity contribution < 1.29 is 9.53 Å². The molecule has 0 aromatic heterocycles. The minimum Gasteiger partial charge on any atom is -0.410 e. The van der Waals surface area contributed by atoms with Crippen LogP contribution in [-0.2, 0) is 6.42 Å². The lowest BCUT2D eigenvalue weighted by Gasteiger charge is -2.27. The number of aryl methyl sites for hydroxylation is 1. The van der Waals surface area contributed by atoms with Gasteiger partial charge >= 0.3 is 6.09 Å². The molecule has 2 aromatic carbocycles. The molecule has 0 spiro atoms. The number of carbonyl (C=O) groups excluding carboxylic acids is 1. The Balaban J connectivity index is 1.55. The van der Waals surface area contributed by atoms with Gasteiger partial charge in [0.05, 0.1) is 0 Å². The van der Waals surface area contributed by atoms with Gasteiger partial charge in [-0.05, 0) is 43.0 Å². The van der Waals surface area contributed by atoms with Crippen molar-refractivity contribution in [1.82, 2.24) is 4.90 Å². The van der Waals surface area contributed by atoms with E-state index in [0.717, 1.165) is 44.5 Å². The number of ether oxygens (including phenoxy) is 1. The Kier molecular flexibility index (Phi) is 5.86. The molecule has 4 nitrogen and oxygen atoms in total. The summed E-state index contributed by atoms with van der Waals surface area (Å²) in [6.45, 7) is 3.04. The predicted molar refractivity (Wildman–Crippen MR) is 100 cm³/mol. The smallest absolute Gasteiger partial charge is 0.409 e. The minimum atomic E-state index is -0.772. The molecule has 3 rings (SSSR count). The van der Waals surface area contributed by atoms with E-state index in [0.29, 0.717) is 5.75 Å². The van der Waals surface area contributed by atoms with Crippen molar-refractivity contribution in [3.05, 3.63) is 71.8 Å². The Bertz CT molecular complexity index is 741. The summed E-state index contributed by atoms with van der Waals surface area (Å²) < 4.78 is 5.12. The van der Waals surface area contributed by atoms with Crippen molar-refractivity contribution in [1.29, 1.82) is 0 Å². The van der Waals surface area contributed by atoms with Gasteiger partial charge in [-0.3, -0.25) is 4.90 Å². The Morgan fingerprint density at radius 2 is 1.84 bits per heavy atom. The van der Waals surface area contributed by atoms with Gasteiger partial charge in [-0.2, -0.15) is 0 Å². The average molecular weight is 336 g/mol. The second-order valence-corrected chi connectivity index (χ2v) is 6.29. The number of primary amides is 1. The molecule has 1 amide bonds. The molecular weight excluding hydrogens is 312 g/mol. The molecule has 0 atom stereocenters. The van der Waals surface area contributed by atoms with E-state index in [1.165, 1.54) is 11.1 Å². The number of amides is 1. The van der Waals surface area contributed by atoms with Gasteiger partial charge < -0.3 is 10.5 Å². The van der Waals surface area contributed by atoms with Crippen LogP contribution >= 0.6 is 0 Å². The van der Waals surface area contributed by atoms with E-state index in [-0.39, 0.29) is 0 Å². The molecule has 0 radical (unpaired) electrons. The molecule has 1 aliphatic heterocycles. The molecule has 130 valence electrons. The molecule has 1 heterocycles. The highest BCUT2D eigenvalue weighted by Crippen LogP contribution is 2.30. The van der Waals surface area contributed by atoms with E-state index < -0.39 is 6.09 Å². The van der Waals surface area contributed by atoms with Crippen molar-refractivity contribution in [2.24, 2.45) is 5.73 Å². The zero-order valence-corrected chi connectivity index (χ0v) is 14.4. The van der Waals surface area contributed by atoms with Gasteiger partial charge in [0.25, 0.3) is 0 Å². The van der Waals surface area contributed by atoms with E-state index in [1.54, 1.807) is 6.07 Å². The van der Waals surface area contributed by atoms with Crippen LogP contribution in [0.3, 0.4) is 0 Å². The summed E-state index contributed by atoms with van der Waals surface area (Å²) >= 11 is 0. The third-order valence-electron chi connectivity index (χ3n) is 4.52. The fourth-order valence-corrected chi connectivity index (χ4v) is 3.24. The first kappa shape index (κ1) is 17.2. The number of benzene rings is 2. The Labute approximate surface area is 148 Å². The quantitative estimate of drug-likeness (QED) is 0.871. The second kappa shape index (κ2) is 8.49. The summed E-state index contributed by atoms with van der Waals surface area (Å²) in [5.41, 5.74) is 8.74. The molecule has 4 heteroatoms. The average Bonchev–Trinajstić information content (AvgIpc) is 2.63. The molecule has 1 aliphatic rings. The first-order chi connectivity index (χ1) is 12.2. The Morgan fingerprint density at radius 1 is 1.08 bits per heavy atom. The van der Waals surface area contributed by atoms with Crippen LogP contribution in [0.4, 0.5) is 4.79 Å².